The van der Waals surface area contributed by atoms with Crippen molar-refractivity contribution in [2.75, 3.05) is 23.3 Å². The van der Waals surface area contributed by atoms with Crippen LogP contribution in [0.15, 0.2) is 36.7 Å². The van der Waals surface area contributed by atoms with Crippen LogP contribution in [0.25, 0.3) is 15.9 Å². The largest absolute Gasteiger partial charge is 0.356 e. The molecule has 0 saturated carbocycles. The molecule has 8 heteroatoms. The summed E-state index contributed by atoms with van der Waals surface area (Å²) in [6, 6.07) is 9.88. The summed E-state index contributed by atoms with van der Waals surface area (Å²) in [4.78, 5) is 26.9. The van der Waals surface area contributed by atoms with Crippen molar-refractivity contribution in [2.45, 2.75) is 40.5 Å². The lowest BCUT2D eigenvalue weighted by Gasteiger charge is -2.32. The molecular formula is C25H28N6OS. The molecule has 0 radical (unpaired) electrons. The molecule has 1 fully saturated rings. The number of rotatable bonds is 4. The minimum atomic E-state index is -0.0302. The molecule has 5 rings (SSSR count). The van der Waals surface area contributed by atoms with Gasteiger partial charge in [-0.1, -0.05) is 12.1 Å². The first kappa shape index (κ1) is 21.6. The maximum atomic E-state index is 13.2. The van der Waals surface area contributed by atoms with Crippen molar-refractivity contribution in [3.63, 3.8) is 0 Å². The van der Waals surface area contributed by atoms with E-state index in [-0.39, 0.29) is 11.8 Å². The first-order valence-electron chi connectivity index (χ1n) is 11.3. The van der Waals surface area contributed by atoms with Gasteiger partial charge in [0.05, 0.1) is 22.5 Å². The van der Waals surface area contributed by atoms with Gasteiger partial charge in [-0.2, -0.15) is 5.10 Å². The molecule has 1 saturated heterocycles. The number of piperidine rings is 1. The van der Waals surface area contributed by atoms with Crippen LogP contribution in [0.2, 0.25) is 0 Å². The van der Waals surface area contributed by atoms with Gasteiger partial charge in [0.2, 0.25) is 5.91 Å². The summed E-state index contributed by atoms with van der Waals surface area (Å²) in [7, 11) is 0. The Bertz CT molecular complexity index is 1330. The molecule has 0 spiro atoms. The lowest BCUT2D eigenvalue weighted by Crippen LogP contribution is -2.38. The van der Waals surface area contributed by atoms with E-state index in [9.17, 15) is 4.79 Å². The number of benzene rings is 1. The third kappa shape index (κ3) is 3.99. The standard InChI is InChI=1S/C25H28N6OS/c1-15-13-16(2)31(29-15)21-8-6-5-7-20(21)28-24(32)19-9-11-30(12-10-19)23-22-17(3)18(4)33-25(22)27-14-26-23/h5-8,13-14,19H,9-12H2,1-4H3,(H,28,32). The third-order valence-electron chi connectivity index (χ3n) is 6.51. The van der Waals surface area contributed by atoms with E-state index in [0.29, 0.717) is 0 Å². The maximum absolute atomic E-state index is 13.2. The van der Waals surface area contributed by atoms with E-state index >= 15 is 0 Å². The summed E-state index contributed by atoms with van der Waals surface area (Å²) in [5.41, 5.74) is 4.93. The quantitative estimate of drug-likeness (QED) is 0.466. The van der Waals surface area contributed by atoms with Crippen LogP contribution in [0.5, 0.6) is 0 Å². The number of carbonyl (C=O) groups is 1. The molecule has 1 aliphatic rings. The minimum absolute atomic E-state index is 0.0302. The average molecular weight is 461 g/mol. The SMILES string of the molecule is Cc1cc(C)n(-c2ccccc2NC(=O)C2CCN(c3ncnc4sc(C)c(C)c34)CC2)n1. The fourth-order valence-corrected chi connectivity index (χ4v) is 5.62. The van der Waals surface area contributed by atoms with E-state index in [0.717, 1.165) is 64.7 Å². The third-order valence-corrected chi connectivity index (χ3v) is 7.63. The normalized spacial score (nSPS) is 14.7. The van der Waals surface area contributed by atoms with Crippen molar-refractivity contribution < 1.29 is 4.79 Å². The number of thiophene rings is 1. The van der Waals surface area contributed by atoms with Crippen LogP contribution in [-0.2, 0) is 4.79 Å². The van der Waals surface area contributed by atoms with E-state index < -0.39 is 0 Å². The zero-order valence-corrected chi connectivity index (χ0v) is 20.2. The van der Waals surface area contributed by atoms with E-state index in [4.69, 9.17) is 0 Å². The van der Waals surface area contributed by atoms with Gasteiger partial charge in [-0.25, -0.2) is 14.6 Å². The fraction of sp³-hybridized carbons (Fsp3) is 0.360. The molecule has 0 atom stereocenters. The molecule has 0 aliphatic carbocycles. The number of nitrogens with one attached hydrogen (secondary N) is 1. The van der Waals surface area contributed by atoms with Gasteiger partial charge in [0.1, 0.15) is 17.0 Å². The molecule has 1 aliphatic heterocycles. The van der Waals surface area contributed by atoms with Gasteiger partial charge in [0.15, 0.2) is 0 Å². The van der Waals surface area contributed by atoms with Crippen molar-refractivity contribution >= 4 is 39.0 Å². The number of anilines is 2. The van der Waals surface area contributed by atoms with Crippen molar-refractivity contribution in [3.8, 4) is 5.69 Å². The van der Waals surface area contributed by atoms with Crippen LogP contribution in [0.4, 0.5) is 11.5 Å². The van der Waals surface area contributed by atoms with Gasteiger partial charge in [-0.3, -0.25) is 4.79 Å². The molecule has 33 heavy (non-hydrogen) atoms. The summed E-state index contributed by atoms with van der Waals surface area (Å²) in [5.74, 6) is 1.03. The number of fused-ring (bicyclic) bond motifs is 1. The van der Waals surface area contributed by atoms with E-state index in [1.165, 1.54) is 10.4 Å². The molecule has 0 bridgehead atoms. The summed E-state index contributed by atoms with van der Waals surface area (Å²) in [6.45, 7) is 9.88. The molecule has 1 N–H and O–H groups in total. The van der Waals surface area contributed by atoms with Crippen LogP contribution < -0.4 is 10.2 Å². The lowest BCUT2D eigenvalue weighted by atomic mass is 9.95. The van der Waals surface area contributed by atoms with E-state index in [1.54, 1.807) is 17.7 Å². The first-order valence-corrected chi connectivity index (χ1v) is 12.1. The van der Waals surface area contributed by atoms with E-state index in [1.807, 2.05) is 48.9 Å². The summed E-state index contributed by atoms with van der Waals surface area (Å²) >= 11 is 1.72. The second-order valence-corrected chi connectivity index (χ2v) is 9.97. The van der Waals surface area contributed by atoms with Crippen molar-refractivity contribution in [1.29, 1.82) is 0 Å². The Balaban J connectivity index is 1.31. The Morgan fingerprint density at radius 2 is 1.85 bits per heavy atom. The van der Waals surface area contributed by atoms with Gasteiger partial charge in [0, 0.05) is 29.6 Å². The monoisotopic (exact) mass is 460 g/mol. The van der Waals surface area contributed by atoms with Crippen molar-refractivity contribution in [1.82, 2.24) is 19.7 Å². The summed E-state index contributed by atoms with van der Waals surface area (Å²) < 4.78 is 1.89. The van der Waals surface area contributed by atoms with Crippen molar-refractivity contribution in [2.24, 2.45) is 5.92 Å². The molecule has 170 valence electrons. The smallest absolute Gasteiger partial charge is 0.227 e. The molecule has 1 amide bonds. The number of hydrogen-bond donors (Lipinski definition) is 1. The summed E-state index contributed by atoms with van der Waals surface area (Å²) in [6.07, 6.45) is 3.24. The Labute approximate surface area is 197 Å². The van der Waals surface area contributed by atoms with Gasteiger partial charge < -0.3 is 10.2 Å². The Kier molecular flexibility index (Phi) is 5.62. The second-order valence-electron chi connectivity index (χ2n) is 8.77. The maximum Gasteiger partial charge on any atom is 0.227 e. The lowest BCUT2D eigenvalue weighted by molar-refractivity contribution is -0.120. The zero-order chi connectivity index (χ0) is 23.1. The zero-order valence-electron chi connectivity index (χ0n) is 19.4. The molecule has 3 aromatic heterocycles. The highest BCUT2D eigenvalue weighted by molar-refractivity contribution is 7.18. The molecule has 0 unspecified atom stereocenters. The average Bonchev–Trinajstić information content (AvgIpc) is 3.31. The highest BCUT2D eigenvalue weighted by atomic mass is 32.1. The number of nitrogens with zero attached hydrogens (tertiary/aromatic N) is 5. The van der Waals surface area contributed by atoms with Gasteiger partial charge >= 0.3 is 0 Å². The number of aryl methyl sites for hydroxylation is 4. The van der Waals surface area contributed by atoms with E-state index in [2.05, 4.69) is 39.1 Å². The molecule has 4 aromatic rings. The number of carbonyl (C=O) groups excluding carboxylic acids is 1. The number of amides is 1. The predicted molar refractivity (Wildman–Crippen MR) is 133 cm³/mol. The Morgan fingerprint density at radius 1 is 1.09 bits per heavy atom. The molecule has 1 aromatic carbocycles. The number of para-hydroxylation sites is 2. The van der Waals surface area contributed by atoms with Crippen molar-refractivity contribution in [3.05, 3.63) is 58.5 Å². The minimum Gasteiger partial charge on any atom is -0.356 e. The van der Waals surface area contributed by atoms with Gasteiger partial charge in [-0.15, -0.1) is 11.3 Å². The van der Waals surface area contributed by atoms with Crippen LogP contribution in [0.3, 0.4) is 0 Å². The Morgan fingerprint density at radius 3 is 2.58 bits per heavy atom. The Hall–Kier alpha value is -3.26. The van der Waals surface area contributed by atoms with Crippen LogP contribution in [-0.4, -0.2) is 38.7 Å². The van der Waals surface area contributed by atoms with Crippen LogP contribution in [0, 0.1) is 33.6 Å². The second kappa shape index (κ2) is 8.59. The molecule has 4 heterocycles. The fourth-order valence-electron chi connectivity index (χ4n) is 4.63. The van der Waals surface area contributed by atoms with Crippen LogP contribution in [0.1, 0.15) is 34.7 Å². The predicted octanol–water partition coefficient (Wildman–Crippen LogP) is 4.97. The highest BCUT2D eigenvalue weighted by Crippen LogP contribution is 2.35. The van der Waals surface area contributed by atoms with Gasteiger partial charge in [-0.05, 0) is 64.3 Å². The number of aromatic nitrogens is 4. The van der Waals surface area contributed by atoms with Gasteiger partial charge in [0.25, 0.3) is 0 Å². The topological polar surface area (TPSA) is 75.9 Å². The first-order chi connectivity index (χ1) is 15.9. The molecule has 7 nitrogen and oxygen atoms in total. The highest BCUT2D eigenvalue weighted by Gasteiger charge is 2.28. The van der Waals surface area contributed by atoms with Crippen LogP contribution >= 0.6 is 11.3 Å². The number of hydrogen-bond acceptors (Lipinski definition) is 6. The summed E-state index contributed by atoms with van der Waals surface area (Å²) in [5, 5.41) is 8.91. The molecular weight excluding hydrogens is 432 g/mol.